The van der Waals surface area contributed by atoms with Crippen LogP contribution in [0.3, 0.4) is 0 Å². The lowest BCUT2D eigenvalue weighted by atomic mass is 10.1. The van der Waals surface area contributed by atoms with Crippen LogP contribution in [0.15, 0.2) is 28.8 Å². The van der Waals surface area contributed by atoms with Crippen LogP contribution in [0.25, 0.3) is 11.4 Å². The van der Waals surface area contributed by atoms with Crippen LogP contribution < -0.4 is 10.6 Å². The third-order valence-electron chi connectivity index (χ3n) is 3.71. The first-order valence-electron chi connectivity index (χ1n) is 7.46. The van der Waals surface area contributed by atoms with Crippen molar-refractivity contribution in [3.63, 3.8) is 0 Å². The number of alkyl halides is 3. The quantitative estimate of drug-likeness (QED) is 0.861. The molecule has 136 valence electrons. The smallest absolute Gasteiger partial charge is 0.348 e. The van der Waals surface area contributed by atoms with Gasteiger partial charge in [0.25, 0.3) is 5.91 Å². The predicted molar refractivity (Wildman–Crippen MR) is 85.3 cm³/mol. The number of rotatable bonds is 3. The van der Waals surface area contributed by atoms with E-state index in [0.29, 0.717) is 11.1 Å². The first-order valence-corrected chi connectivity index (χ1v) is 7.46. The molecule has 0 bridgehead atoms. The van der Waals surface area contributed by atoms with Crippen LogP contribution in [0.1, 0.15) is 29.1 Å². The van der Waals surface area contributed by atoms with Gasteiger partial charge in [-0.1, -0.05) is 17.3 Å². The maximum atomic E-state index is 12.5. The Hall–Kier alpha value is -2.13. The molecule has 1 unspecified atom stereocenters. The average molecular weight is 377 g/mol. The highest BCUT2D eigenvalue weighted by Crippen LogP contribution is 2.29. The highest BCUT2D eigenvalue weighted by molar-refractivity contribution is 5.94. The Morgan fingerprint density at radius 2 is 2.00 bits per heavy atom. The SMILES string of the molecule is Cl.O=C(NC1CCCNC1)c1ccc(-c2noc(C(F)(F)F)n2)cc1. The van der Waals surface area contributed by atoms with Crippen LogP contribution in [0.5, 0.6) is 0 Å². The fraction of sp³-hybridized carbons (Fsp3) is 0.400. The van der Waals surface area contributed by atoms with Crippen molar-refractivity contribution in [3.05, 3.63) is 35.7 Å². The Bertz CT molecular complexity index is 712. The van der Waals surface area contributed by atoms with Crippen molar-refractivity contribution in [2.45, 2.75) is 25.1 Å². The second-order valence-corrected chi connectivity index (χ2v) is 5.51. The summed E-state index contributed by atoms with van der Waals surface area (Å²) >= 11 is 0. The Balaban J connectivity index is 0.00000225. The van der Waals surface area contributed by atoms with E-state index in [9.17, 15) is 18.0 Å². The van der Waals surface area contributed by atoms with E-state index in [-0.39, 0.29) is 30.2 Å². The van der Waals surface area contributed by atoms with E-state index in [1.165, 1.54) is 24.3 Å². The standard InChI is InChI=1S/C15H15F3N4O2.ClH/c16-15(17,18)14-21-12(22-24-14)9-3-5-10(6-4-9)13(23)20-11-2-1-7-19-8-11;/h3-6,11,19H,1-2,7-8H2,(H,20,23);1H. The number of halogens is 4. The van der Waals surface area contributed by atoms with Crippen molar-refractivity contribution < 1.29 is 22.5 Å². The lowest BCUT2D eigenvalue weighted by Crippen LogP contribution is -2.45. The van der Waals surface area contributed by atoms with Crippen LogP contribution in [0, 0.1) is 0 Å². The van der Waals surface area contributed by atoms with Gasteiger partial charge in [-0.25, -0.2) is 0 Å². The number of hydrogen-bond acceptors (Lipinski definition) is 5. The van der Waals surface area contributed by atoms with Gasteiger partial charge in [0.15, 0.2) is 0 Å². The molecular weight excluding hydrogens is 361 g/mol. The minimum atomic E-state index is -4.68. The summed E-state index contributed by atoms with van der Waals surface area (Å²) in [5.74, 6) is -1.80. The maximum Gasteiger partial charge on any atom is 0.471 e. The molecule has 2 heterocycles. The van der Waals surface area contributed by atoms with Crippen LogP contribution in [-0.2, 0) is 6.18 Å². The molecule has 1 aliphatic heterocycles. The van der Waals surface area contributed by atoms with Gasteiger partial charge in [0.2, 0.25) is 5.82 Å². The summed E-state index contributed by atoms with van der Waals surface area (Å²) in [6.07, 6.45) is -2.76. The number of nitrogens with zero attached hydrogens (tertiary/aromatic N) is 2. The second kappa shape index (κ2) is 7.83. The normalized spacial score (nSPS) is 17.6. The molecule has 0 spiro atoms. The lowest BCUT2D eigenvalue weighted by Gasteiger charge is -2.23. The Labute approximate surface area is 147 Å². The number of nitrogens with one attached hydrogen (secondary N) is 2. The second-order valence-electron chi connectivity index (χ2n) is 5.51. The zero-order valence-electron chi connectivity index (χ0n) is 13.0. The highest BCUT2D eigenvalue weighted by Gasteiger charge is 2.38. The summed E-state index contributed by atoms with van der Waals surface area (Å²) in [4.78, 5) is 15.5. The van der Waals surface area contributed by atoms with Crippen molar-refractivity contribution in [3.8, 4) is 11.4 Å². The molecule has 1 saturated heterocycles. The summed E-state index contributed by atoms with van der Waals surface area (Å²) in [7, 11) is 0. The van der Waals surface area contributed by atoms with Gasteiger partial charge >= 0.3 is 12.1 Å². The van der Waals surface area contributed by atoms with Gasteiger partial charge in [0.05, 0.1) is 0 Å². The van der Waals surface area contributed by atoms with E-state index in [2.05, 4.69) is 25.3 Å². The fourth-order valence-electron chi connectivity index (χ4n) is 2.47. The van der Waals surface area contributed by atoms with Gasteiger partial charge in [-0.3, -0.25) is 4.79 Å². The van der Waals surface area contributed by atoms with E-state index in [1.807, 2.05) is 0 Å². The highest BCUT2D eigenvalue weighted by atomic mass is 35.5. The molecule has 0 saturated carbocycles. The third-order valence-corrected chi connectivity index (χ3v) is 3.71. The van der Waals surface area contributed by atoms with E-state index in [0.717, 1.165) is 25.9 Å². The first kappa shape index (κ1) is 19.2. The monoisotopic (exact) mass is 376 g/mol. The summed E-state index contributed by atoms with van der Waals surface area (Å²) < 4.78 is 41.6. The molecule has 1 aromatic heterocycles. The third kappa shape index (κ3) is 4.70. The molecule has 0 aliphatic carbocycles. The summed E-state index contributed by atoms with van der Waals surface area (Å²) in [6.45, 7) is 1.68. The van der Waals surface area contributed by atoms with E-state index in [4.69, 9.17) is 0 Å². The number of benzene rings is 1. The van der Waals surface area contributed by atoms with Crippen molar-refractivity contribution in [2.75, 3.05) is 13.1 Å². The molecule has 1 atom stereocenters. The molecule has 1 aliphatic rings. The molecule has 1 aromatic carbocycles. The fourth-order valence-corrected chi connectivity index (χ4v) is 2.47. The zero-order valence-corrected chi connectivity index (χ0v) is 13.8. The summed E-state index contributed by atoms with van der Waals surface area (Å²) in [5.41, 5.74) is 0.758. The number of amides is 1. The van der Waals surface area contributed by atoms with E-state index >= 15 is 0 Å². The van der Waals surface area contributed by atoms with Gasteiger partial charge in [-0.05, 0) is 31.5 Å². The Kier molecular flexibility index (Phi) is 6.02. The van der Waals surface area contributed by atoms with Crippen LogP contribution in [0.4, 0.5) is 13.2 Å². The molecule has 25 heavy (non-hydrogen) atoms. The molecule has 2 N–H and O–H groups in total. The van der Waals surface area contributed by atoms with Gasteiger partial charge in [0, 0.05) is 23.7 Å². The van der Waals surface area contributed by atoms with Gasteiger partial charge < -0.3 is 15.2 Å². The number of carbonyl (C=O) groups excluding carboxylic acids is 1. The topological polar surface area (TPSA) is 80.0 Å². The average Bonchev–Trinajstić information content (AvgIpc) is 3.06. The predicted octanol–water partition coefficient (Wildman–Crippen LogP) is 2.66. The van der Waals surface area contributed by atoms with Gasteiger partial charge in [-0.15, -0.1) is 12.4 Å². The van der Waals surface area contributed by atoms with Crippen molar-refractivity contribution >= 4 is 18.3 Å². The molecule has 6 nitrogen and oxygen atoms in total. The van der Waals surface area contributed by atoms with Crippen LogP contribution in [-0.4, -0.2) is 35.2 Å². The molecular formula is C15H16ClF3N4O2. The van der Waals surface area contributed by atoms with Crippen molar-refractivity contribution in [2.24, 2.45) is 0 Å². The Morgan fingerprint density at radius 3 is 2.56 bits per heavy atom. The molecule has 2 aromatic rings. The maximum absolute atomic E-state index is 12.5. The molecule has 0 radical (unpaired) electrons. The summed E-state index contributed by atoms with van der Waals surface area (Å²) in [6, 6.07) is 6.09. The Morgan fingerprint density at radius 1 is 1.28 bits per heavy atom. The van der Waals surface area contributed by atoms with Crippen molar-refractivity contribution in [1.29, 1.82) is 0 Å². The van der Waals surface area contributed by atoms with Gasteiger partial charge in [-0.2, -0.15) is 18.2 Å². The van der Waals surface area contributed by atoms with Crippen molar-refractivity contribution in [1.82, 2.24) is 20.8 Å². The number of hydrogen-bond donors (Lipinski definition) is 2. The molecule has 3 rings (SSSR count). The van der Waals surface area contributed by atoms with Gasteiger partial charge in [0.1, 0.15) is 0 Å². The number of aromatic nitrogens is 2. The van der Waals surface area contributed by atoms with E-state index in [1.54, 1.807) is 0 Å². The lowest BCUT2D eigenvalue weighted by molar-refractivity contribution is -0.159. The van der Waals surface area contributed by atoms with Crippen LogP contribution in [0.2, 0.25) is 0 Å². The number of piperidine rings is 1. The first-order chi connectivity index (χ1) is 11.4. The molecule has 10 heteroatoms. The minimum Gasteiger partial charge on any atom is -0.348 e. The molecule has 1 amide bonds. The van der Waals surface area contributed by atoms with E-state index < -0.39 is 12.1 Å². The largest absolute Gasteiger partial charge is 0.471 e. The minimum absolute atomic E-state index is 0. The summed E-state index contributed by atoms with van der Waals surface area (Å²) in [5, 5.41) is 9.43. The van der Waals surface area contributed by atoms with Crippen LogP contribution >= 0.6 is 12.4 Å². The zero-order chi connectivity index (χ0) is 17.2. The molecule has 1 fully saturated rings. The number of carbonyl (C=O) groups is 1.